The van der Waals surface area contributed by atoms with Crippen LogP contribution in [0.3, 0.4) is 0 Å². The molecule has 0 spiro atoms. The molecule has 1 saturated carbocycles. The number of carbonyl (C=O) groups is 1. The molecule has 1 aromatic heterocycles. The first-order chi connectivity index (χ1) is 14.9. The van der Waals surface area contributed by atoms with E-state index in [2.05, 4.69) is 16.8 Å². The zero-order valence-electron chi connectivity index (χ0n) is 17.9. The maximum atomic E-state index is 14.9. The Kier molecular flexibility index (Phi) is 5.86. The van der Waals surface area contributed by atoms with Crippen molar-refractivity contribution in [3.8, 4) is 11.1 Å². The van der Waals surface area contributed by atoms with Crippen molar-refractivity contribution in [3.63, 3.8) is 0 Å². The number of halogens is 2. The van der Waals surface area contributed by atoms with Crippen molar-refractivity contribution in [3.05, 3.63) is 83.7 Å². The summed E-state index contributed by atoms with van der Waals surface area (Å²) in [6.07, 6.45) is 5.50. The Hall–Kier alpha value is -3.08. The summed E-state index contributed by atoms with van der Waals surface area (Å²) in [5, 5.41) is 0. The molecule has 0 aliphatic heterocycles. The van der Waals surface area contributed by atoms with Gasteiger partial charge < -0.3 is 4.90 Å². The van der Waals surface area contributed by atoms with E-state index in [0.717, 1.165) is 36.0 Å². The Balaban J connectivity index is 1.43. The molecule has 4 rings (SSSR count). The van der Waals surface area contributed by atoms with Crippen LogP contribution in [-0.2, 0) is 6.42 Å². The number of rotatable bonds is 8. The normalized spacial score (nSPS) is 14.3. The van der Waals surface area contributed by atoms with Crippen LogP contribution in [0.1, 0.15) is 48.5 Å². The third-order valence-electron chi connectivity index (χ3n) is 6.48. The monoisotopic (exact) mass is 420 g/mol. The Morgan fingerprint density at radius 3 is 2.32 bits per heavy atom. The van der Waals surface area contributed by atoms with Crippen LogP contribution < -0.4 is 4.90 Å². The number of aryl methyl sites for hydroxylation is 1. The van der Waals surface area contributed by atoms with Crippen LogP contribution in [0.25, 0.3) is 11.1 Å². The summed E-state index contributed by atoms with van der Waals surface area (Å²) in [5.41, 5.74) is 3.81. The summed E-state index contributed by atoms with van der Waals surface area (Å²) < 4.78 is 27.7. The second kappa shape index (κ2) is 8.58. The molecule has 3 aromatic rings. The molecule has 0 atom stereocenters. The number of ketones is 1. The maximum absolute atomic E-state index is 14.9. The van der Waals surface area contributed by atoms with Crippen molar-refractivity contribution in [2.45, 2.75) is 44.6 Å². The van der Waals surface area contributed by atoms with Gasteiger partial charge in [-0.15, -0.1) is 0 Å². The van der Waals surface area contributed by atoms with E-state index in [1.54, 1.807) is 24.3 Å². The average molecular weight is 421 g/mol. The number of aromatic nitrogens is 1. The lowest BCUT2D eigenvalue weighted by molar-refractivity contribution is 0.0983. The van der Waals surface area contributed by atoms with E-state index in [-0.39, 0.29) is 17.1 Å². The lowest BCUT2D eigenvalue weighted by Gasteiger charge is -2.29. The number of Topliss-reactive ketones (excluding diaryl/α,β-unsaturated/α-hetero) is 1. The smallest absolute Gasteiger partial charge is 0.212 e. The van der Waals surface area contributed by atoms with Gasteiger partial charge in [0.1, 0.15) is 5.82 Å². The molecule has 1 fully saturated rings. The van der Waals surface area contributed by atoms with E-state index < -0.39 is 5.95 Å². The van der Waals surface area contributed by atoms with Crippen LogP contribution >= 0.6 is 0 Å². The van der Waals surface area contributed by atoms with Crippen molar-refractivity contribution in [2.24, 2.45) is 0 Å². The zero-order chi connectivity index (χ0) is 22.0. The van der Waals surface area contributed by atoms with Gasteiger partial charge in [-0.1, -0.05) is 43.3 Å². The summed E-state index contributed by atoms with van der Waals surface area (Å²) in [6, 6.07) is 15.5. The summed E-state index contributed by atoms with van der Waals surface area (Å²) in [6.45, 7) is 2.15. The van der Waals surface area contributed by atoms with Crippen LogP contribution in [0.15, 0.2) is 60.8 Å². The molecule has 1 aliphatic carbocycles. The molecule has 0 unspecified atom stereocenters. The van der Waals surface area contributed by atoms with E-state index in [4.69, 9.17) is 0 Å². The molecule has 31 heavy (non-hydrogen) atoms. The second-order valence-corrected chi connectivity index (χ2v) is 8.29. The zero-order valence-corrected chi connectivity index (χ0v) is 17.9. The van der Waals surface area contributed by atoms with Crippen molar-refractivity contribution >= 4 is 11.5 Å². The molecule has 2 aromatic carbocycles. The highest BCUT2D eigenvalue weighted by Crippen LogP contribution is 2.46. The van der Waals surface area contributed by atoms with Crippen LogP contribution in [0.5, 0.6) is 0 Å². The molecular formula is C26H26F2N2O. The van der Waals surface area contributed by atoms with Crippen molar-refractivity contribution in [2.75, 3.05) is 11.9 Å². The largest absolute Gasteiger partial charge is 0.367 e. The van der Waals surface area contributed by atoms with Gasteiger partial charge in [-0.05, 0) is 60.6 Å². The molecule has 3 nitrogen and oxygen atoms in total. The Morgan fingerprint density at radius 2 is 1.74 bits per heavy atom. The van der Waals surface area contributed by atoms with Gasteiger partial charge in [0.25, 0.3) is 0 Å². The number of nitrogens with zero attached hydrogens (tertiary/aromatic N) is 2. The lowest BCUT2D eigenvalue weighted by Crippen LogP contribution is -2.33. The quantitative estimate of drug-likeness (QED) is 0.320. The molecule has 1 aliphatic rings. The fraction of sp³-hybridized carbons (Fsp3) is 0.308. The van der Waals surface area contributed by atoms with Gasteiger partial charge in [-0.25, -0.2) is 9.37 Å². The number of anilines is 1. The number of hydrogen-bond acceptors (Lipinski definition) is 3. The SMILES string of the molecule is CCC1(N(C)c2ccc(-c3ccc(C(=O)CCc4ccc(F)nc4)cc3)cc2F)CC1. The summed E-state index contributed by atoms with van der Waals surface area (Å²) in [5.74, 6) is -0.750. The van der Waals surface area contributed by atoms with Crippen LogP contribution in [0.2, 0.25) is 0 Å². The van der Waals surface area contributed by atoms with Crippen LogP contribution in [0, 0.1) is 11.8 Å². The predicted octanol–water partition coefficient (Wildman–Crippen LogP) is 6.22. The predicted molar refractivity (Wildman–Crippen MR) is 119 cm³/mol. The lowest BCUT2D eigenvalue weighted by atomic mass is 9.99. The van der Waals surface area contributed by atoms with E-state index in [0.29, 0.717) is 24.1 Å². The van der Waals surface area contributed by atoms with Crippen molar-refractivity contribution < 1.29 is 13.6 Å². The molecular weight excluding hydrogens is 394 g/mol. The highest BCUT2D eigenvalue weighted by Gasteiger charge is 2.45. The van der Waals surface area contributed by atoms with E-state index >= 15 is 0 Å². The standard InChI is InChI=1S/C26H26F2N2O/c1-3-26(14-15-26)30(2)23-11-10-21(16-22(23)27)19-6-8-20(9-7-19)24(31)12-4-18-5-13-25(28)29-17-18/h5-11,13,16-17H,3-4,12,14-15H2,1-2H3. The first kappa shape index (κ1) is 21.2. The molecule has 160 valence electrons. The Morgan fingerprint density at radius 1 is 1.03 bits per heavy atom. The third kappa shape index (κ3) is 4.50. The van der Waals surface area contributed by atoms with Gasteiger partial charge in [0.05, 0.1) is 5.69 Å². The fourth-order valence-corrected chi connectivity index (χ4v) is 4.09. The number of pyridine rings is 1. The van der Waals surface area contributed by atoms with Gasteiger partial charge in [0, 0.05) is 30.8 Å². The topological polar surface area (TPSA) is 33.2 Å². The van der Waals surface area contributed by atoms with Gasteiger partial charge in [-0.3, -0.25) is 4.79 Å². The van der Waals surface area contributed by atoms with E-state index in [1.165, 1.54) is 12.3 Å². The number of carbonyl (C=O) groups excluding carboxylic acids is 1. The molecule has 0 bridgehead atoms. The molecule has 1 heterocycles. The third-order valence-corrected chi connectivity index (χ3v) is 6.48. The highest BCUT2D eigenvalue weighted by atomic mass is 19.1. The first-order valence-corrected chi connectivity index (χ1v) is 10.7. The summed E-state index contributed by atoms with van der Waals surface area (Å²) in [7, 11) is 1.97. The molecule has 0 radical (unpaired) electrons. The second-order valence-electron chi connectivity index (χ2n) is 8.29. The summed E-state index contributed by atoms with van der Waals surface area (Å²) >= 11 is 0. The molecule has 0 amide bonds. The number of benzene rings is 2. The Bertz CT molecular complexity index is 1070. The number of hydrogen-bond donors (Lipinski definition) is 0. The molecule has 5 heteroatoms. The fourth-order valence-electron chi connectivity index (χ4n) is 4.09. The van der Waals surface area contributed by atoms with E-state index in [1.807, 2.05) is 31.3 Å². The molecule has 0 saturated heterocycles. The van der Waals surface area contributed by atoms with Crippen molar-refractivity contribution in [1.82, 2.24) is 4.98 Å². The minimum atomic E-state index is -0.529. The first-order valence-electron chi connectivity index (χ1n) is 10.7. The van der Waals surface area contributed by atoms with E-state index in [9.17, 15) is 13.6 Å². The maximum Gasteiger partial charge on any atom is 0.212 e. The van der Waals surface area contributed by atoms with Gasteiger partial charge in [0.15, 0.2) is 5.78 Å². The minimum Gasteiger partial charge on any atom is -0.367 e. The van der Waals surface area contributed by atoms with Crippen molar-refractivity contribution in [1.29, 1.82) is 0 Å². The van der Waals surface area contributed by atoms with Gasteiger partial charge in [0.2, 0.25) is 5.95 Å². The van der Waals surface area contributed by atoms with Gasteiger partial charge in [-0.2, -0.15) is 4.39 Å². The summed E-state index contributed by atoms with van der Waals surface area (Å²) in [4.78, 5) is 18.2. The van der Waals surface area contributed by atoms with Crippen LogP contribution in [-0.4, -0.2) is 23.4 Å². The van der Waals surface area contributed by atoms with Crippen LogP contribution in [0.4, 0.5) is 14.5 Å². The Labute approximate surface area is 181 Å². The van der Waals surface area contributed by atoms with Gasteiger partial charge >= 0.3 is 0 Å². The highest BCUT2D eigenvalue weighted by molar-refractivity contribution is 5.96. The molecule has 0 N–H and O–H groups in total. The average Bonchev–Trinajstić information content (AvgIpc) is 3.59. The minimum absolute atomic E-state index is 0.00771.